The number of hydrogen-bond donors (Lipinski definition) is 3. The summed E-state index contributed by atoms with van der Waals surface area (Å²) in [5.41, 5.74) is 0.0363. The van der Waals surface area contributed by atoms with Crippen LogP contribution in [0.2, 0.25) is 5.02 Å². The number of halogens is 1. The van der Waals surface area contributed by atoms with Gasteiger partial charge in [-0.15, -0.1) is 0 Å². The Bertz CT molecular complexity index is 666. The van der Waals surface area contributed by atoms with E-state index in [1.165, 1.54) is 0 Å². The molecule has 1 aromatic rings. The van der Waals surface area contributed by atoms with E-state index in [9.17, 15) is 20.1 Å². The average molecular weight is 353 g/mol. The van der Waals surface area contributed by atoms with E-state index in [1.807, 2.05) is 18.2 Å². The van der Waals surface area contributed by atoms with Crippen molar-refractivity contribution in [3.05, 3.63) is 46.5 Å². The molecule has 2 rings (SSSR count). The van der Waals surface area contributed by atoms with E-state index < -0.39 is 17.8 Å². The van der Waals surface area contributed by atoms with E-state index in [2.05, 4.69) is 0 Å². The first-order valence-corrected chi connectivity index (χ1v) is 8.22. The van der Waals surface area contributed by atoms with Gasteiger partial charge in [0, 0.05) is 18.9 Å². The number of hydrogen-bond acceptors (Lipinski definition) is 5. The van der Waals surface area contributed by atoms with Gasteiger partial charge in [-0.2, -0.15) is 0 Å². The van der Waals surface area contributed by atoms with Crippen LogP contribution in [0.1, 0.15) is 42.1 Å². The molecule has 1 aromatic carbocycles. The highest BCUT2D eigenvalue weighted by atomic mass is 35.5. The molecule has 0 spiro atoms. The van der Waals surface area contributed by atoms with E-state index in [-0.39, 0.29) is 34.4 Å². The van der Waals surface area contributed by atoms with E-state index >= 15 is 0 Å². The minimum atomic E-state index is -0.903. The van der Waals surface area contributed by atoms with Crippen molar-refractivity contribution in [1.29, 1.82) is 0 Å². The van der Waals surface area contributed by atoms with Crippen molar-refractivity contribution >= 4 is 17.6 Å². The van der Waals surface area contributed by atoms with Crippen molar-refractivity contribution in [1.82, 2.24) is 0 Å². The Morgan fingerprint density at radius 1 is 1.17 bits per heavy atom. The molecule has 24 heavy (non-hydrogen) atoms. The minimum Gasteiger partial charge on any atom is -0.507 e. The fraction of sp³-hybridized carbons (Fsp3) is 0.389. The molecule has 1 unspecified atom stereocenters. The second-order valence-electron chi connectivity index (χ2n) is 5.78. The first-order valence-electron chi connectivity index (χ1n) is 7.84. The van der Waals surface area contributed by atoms with E-state index in [0.717, 1.165) is 18.9 Å². The van der Waals surface area contributed by atoms with Gasteiger partial charge in [0.1, 0.15) is 23.2 Å². The van der Waals surface area contributed by atoms with Gasteiger partial charge >= 0.3 is 5.97 Å². The number of aliphatic hydroxyl groups excluding tert-OH is 1. The summed E-state index contributed by atoms with van der Waals surface area (Å²) in [5, 5.41) is 29.9. The molecule has 1 aliphatic heterocycles. The molecule has 6 heteroatoms. The van der Waals surface area contributed by atoms with Crippen LogP contribution in [0.3, 0.4) is 0 Å². The number of aliphatic hydroxyl groups is 1. The monoisotopic (exact) mass is 352 g/mol. The van der Waals surface area contributed by atoms with Crippen LogP contribution in [0, 0.1) is 0 Å². The Kier molecular flexibility index (Phi) is 6.29. The van der Waals surface area contributed by atoms with Crippen LogP contribution in [0.15, 0.2) is 30.4 Å². The number of esters is 1. The highest BCUT2D eigenvalue weighted by molar-refractivity contribution is 6.33. The van der Waals surface area contributed by atoms with Gasteiger partial charge in [-0.05, 0) is 25.3 Å². The van der Waals surface area contributed by atoms with Crippen molar-refractivity contribution in [2.24, 2.45) is 0 Å². The topological polar surface area (TPSA) is 87.0 Å². The summed E-state index contributed by atoms with van der Waals surface area (Å²) in [6.07, 6.45) is 8.22. The Morgan fingerprint density at radius 3 is 2.62 bits per heavy atom. The van der Waals surface area contributed by atoms with Gasteiger partial charge in [0.15, 0.2) is 0 Å². The lowest BCUT2D eigenvalue weighted by Gasteiger charge is -2.18. The van der Waals surface area contributed by atoms with Gasteiger partial charge in [0.05, 0.1) is 11.1 Å². The molecule has 2 atom stereocenters. The number of carbonyl (C=O) groups excluding carboxylic acids is 1. The molecule has 1 heterocycles. The first-order chi connectivity index (χ1) is 11.4. The molecular weight excluding hydrogens is 332 g/mol. The maximum atomic E-state index is 12.4. The Morgan fingerprint density at radius 2 is 1.88 bits per heavy atom. The van der Waals surface area contributed by atoms with Crippen molar-refractivity contribution < 1.29 is 24.9 Å². The predicted octanol–water partition coefficient (Wildman–Crippen LogP) is 3.50. The summed E-state index contributed by atoms with van der Waals surface area (Å²) >= 11 is 6.09. The number of aromatic hydroxyl groups is 2. The second kappa shape index (κ2) is 8.22. The quantitative estimate of drug-likeness (QED) is 0.491. The van der Waals surface area contributed by atoms with Crippen LogP contribution >= 0.6 is 11.6 Å². The number of carbonyl (C=O) groups is 1. The lowest BCUT2D eigenvalue weighted by atomic mass is 9.99. The lowest BCUT2D eigenvalue weighted by molar-refractivity contribution is 0.0343. The standard InChI is InChI=1S/C18H21ClO5/c1-11-7-5-3-2-4-6-8-12(20)9-13-16(18(23)24-11)14(21)10-15(22)17(13)19/h3,5-6,8,10-12,20-22H,2,4,7,9H2,1H3/b5-3+,8-6+/t11-,12?/m1/s1. The number of cyclic esters (lactones) is 1. The number of phenolic OH excluding ortho intramolecular Hbond substituents is 2. The molecule has 0 radical (unpaired) electrons. The number of ether oxygens (including phenoxy) is 1. The molecule has 0 aromatic heterocycles. The molecule has 0 bridgehead atoms. The highest BCUT2D eigenvalue weighted by Crippen LogP contribution is 2.37. The van der Waals surface area contributed by atoms with Gasteiger partial charge in [0.2, 0.25) is 0 Å². The Hall–Kier alpha value is -1.98. The largest absolute Gasteiger partial charge is 0.507 e. The minimum absolute atomic E-state index is 0.0219. The molecule has 0 amide bonds. The molecule has 5 nitrogen and oxygen atoms in total. The zero-order valence-electron chi connectivity index (χ0n) is 13.4. The summed E-state index contributed by atoms with van der Waals surface area (Å²) in [6, 6.07) is 0.998. The molecular formula is C18H21ClO5. The third-order valence-electron chi connectivity index (χ3n) is 3.74. The first kappa shape index (κ1) is 18.4. The Labute approximate surface area is 145 Å². The molecule has 0 aliphatic carbocycles. The zero-order chi connectivity index (χ0) is 17.7. The average Bonchev–Trinajstić information content (AvgIpc) is 2.50. The number of fused-ring (bicyclic) bond motifs is 1. The molecule has 130 valence electrons. The fourth-order valence-corrected chi connectivity index (χ4v) is 2.75. The summed E-state index contributed by atoms with van der Waals surface area (Å²) < 4.78 is 5.34. The summed E-state index contributed by atoms with van der Waals surface area (Å²) in [7, 11) is 0. The third kappa shape index (κ3) is 4.52. The van der Waals surface area contributed by atoms with Crippen molar-refractivity contribution in [2.45, 2.75) is 44.8 Å². The number of allylic oxidation sites excluding steroid dienone is 2. The van der Waals surface area contributed by atoms with Crippen LogP contribution < -0.4 is 0 Å². The maximum absolute atomic E-state index is 12.4. The summed E-state index contributed by atoms with van der Waals surface area (Å²) in [4.78, 5) is 12.4. The molecule has 1 aliphatic rings. The van der Waals surface area contributed by atoms with E-state index in [0.29, 0.717) is 6.42 Å². The second-order valence-corrected chi connectivity index (χ2v) is 6.16. The van der Waals surface area contributed by atoms with Gasteiger partial charge in [-0.3, -0.25) is 0 Å². The number of benzene rings is 1. The van der Waals surface area contributed by atoms with Crippen LogP contribution in [0.4, 0.5) is 0 Å². The van der Waals surface area contributed by atoms with Crippen LogP contribution in [0.5, 0.6) is 11.5 Å². The smallest absolute Gasteiger partial charge is 0.342 e. The van der Waals surface area contributed by atoms with Crippen molar-refractivity contribution in [2.75, 3.05) is 0 Å². The fourth-order valence-electron chi connectivity index (χ4n) is 2.52. The SMILES string of the molecule is C[C@@H]1C/C=C/CC/C=C/C(O)Cc2c(Cl)c(O)cc(O)c2C(=O)O1. The number of phenols is 2. The molecule has 0 saturated heterocycles. The highest BCUT2D eigenvalue weighted by Gasteiger charge is 2.25. The molecule has 0 fully saturated rings. The van der Waals surface area contributed by atoms with Gasteiger partial charge in [-0.25, -0.2) is 4.79 Å². The van der Waals surface area contributed by atoms with E-state index in [4.69, 9.17) is 16.3 Å². The predicted molar refractivity (Wildman–Crippen MR) is 91.5 cm³/mol. The van der Waals surface area contributed by atoms with Crippen molar-refractivity contribution in [3.63, 3.8) is 0 Å². The summed E-state index contributed by atoms with van der Waals surface area (Å²) in [5.74, 6) is -1.52. The van der Waals surface area contributed by atoms with Crippen LogP contribution in [-0.2, 0) is 11.2 Å². The lowest BCUT2D eigenvalue weighted by Crippen LogP contribution is -2.18. The normalized spacial score (nSPS) is 25.2. The third-order valence-corrected chi connectivity index (χ3v) is 4.16. The van der Waals surface area contributed by atoms with Gasteiger partial charge in [0.25, 0.3) is 0 Å². The molecule has 0 saturated carbocycles. The zero-order valence-corrected chi connectivity index (χ0v) is 14.2. The Balaban J connectivity index is 2.47. The molecule has 3 N–H and O–H groups in total. The van der Waals surface area contributed by atoms with Gasteiger partial charge < -0.3 is 20.1 Å². The van der Waals surface area contributed by atoms with Gasteiger partial charge in [-0.1, -0.05) is 35.9 Å². The van der Waals surface area contributed by atoms with Crippen LogP contribution in [-0.4, -0.2) is 33.5 Å². The van der Waals surface area contributed by atoms with E-state index in [1.54, 1.807) is 13.0 Å². The van der Waals surface area contributed by atoms with Crippen LogP contribution in [0.25, 0.3) is 0 Å². The van der Waals surface area contributed by atoms with Crippen molar-refractivity contribution in [3.8, 4) is 11.5 Å². The number of rotatable bonds is 0. The maximum Gasteiger partial charge on any atom is 0.342 e. The summed E-state index contributed by atoms with van der Waals surface area (Å²) in [6.45, 7) is 1.75.